The standard InChI is InChI=1S/C33H35N3O4/c1-4-39-26-14-12-25(13-15-26)33(38)36(18-8-17-34)30(22(2)3)32-28(19-23-9-6-5-7-10-23)31(37)27-16-11-24(21-35)20-29(27)40-32/h5-7,9-16,20,22,30H,4,8,17-19,34H2,1-3H3. The number of ether oxygens (including phenoxy) is 1. The minimum absolute atomic E-state index is 0.0984. The van der Waals surface area contributed by atoms with Gasteiger partial charge in [-0.15, -0.1) is 0 Å². The van der Waals surface area contributed by atoms with Crippen LogP contribution in [0.15, 0.2) is 82.0 Å². The summed E-state index contributed by atoms with van der Waals surface area (Å²) >= 11 is 0. The fourth-order valence-electron chi connectivity index (χ4n) is 4.98. The zero-order valence-electron chi connectivity index (χ0n) is 23.2. The molecule has 7 nitrogen and oxygen atoms in total. The van der Waals surface area contributed by atoms with E-state index in [1.807, 2.05) is 51.1 Å². The summed E-state index contributed by atoms with van der Waals surface area (Å²) < 4.78 is 12.1. The van der Waals surface area contributed by atoms with E-state index >= 15 is 0 Å². The summed E-state index contributed by atoms with van der Waals surface area (Å²) in [6.45, 7) is 7.24. The first-order valence-corrected chi connectivity index (χ1v) is 13.7. The van der Waals surface area contributed by atoms with Crippen LogP contribution in [0.5, 0.6) is 5.75 Å². The first kappa shape index (κ1) is 28.6. The minimum Gasteiger partial charge on any atom is -0.494 e. The van der Waals surface area contributed by atoms with E-state index < -0.39 is 6.04 Å². The SMILES string of the molecule is CCOc1ccc(C(=O)N(CCCN)C(c2oc3cc(C#N)ccc3c(=O)c2Cc2ccccc2)C(C)C)cc1. The average molecular weight is 538 g/mol. The molecular weight excluding hydrogens is 502 g/mol. The fourth-order valence-corrected chi connectivity index (χ4v) is 4.98. The molecule has 1 atom stereocenters. The van der Waals surface area contributed by atoms with Gasteiger partial charge in [0.05, 0.1) is 29.7 Å². The second-order valence-corrected chi connectivity index (χ2v) is 10.0. The molecule has 0 fully saturated rings. The van der Waals surface area contributed by atoms with Crippen LogP contribution in [0.1, 0.15) is 66.0 Å². The van der Waals surface area contributed by atoms with Gasteiger partial charge in [-0.2, -0.15) is 5.26 Å². The molecule has 1 unspecified atom stereocenters. The topological polar surface area (TPSA) is 110 Å². The number of hydrogen-bond donors (Lipinski definition) is 1. The van der Waals surface area contributed by atoms with Crippen LogP contribution >= 0.6 is 0 Å². The fraction of sp³-hybridized carbons (Fsp3) is 0.303. The van der Waals surface area contributed by atoms with Gasteiger partial charge in [0.2, 0.25) is 0 Å². The van der Waals surface area contributed by atoms with Crippen molar-refractivity contribution in [3.8, 4) is 11.8 Å². The molecule has 1 heterocycles. The summed E-state index contributed by atoms with van der Waals surface area (Å²) in [4.78, 5) is 29.8. The molecule has 0 saturated carbocycles. The number of nitrogens with zero attached hydrogens (tertiary/aromatic N) is 2. The molecule has 1 aromatic heterocycles. The van der Waals surface area contributed by atoms with Gasteiger partial charge in [0.1, 0.15) is 17.1 Å². The van der Waals surface area contributed by atoms with Crippen LogP contribution < -0.4 is 15.9 Å². The van der Waals surface area contributed by atoms with Crippen molar-refractivity contribution in [1.82, 2.24) is 4.90 Å². The van der Waals surface area contributed by atoms with Crippen molar-refractivity contribution in [3.63, 3.8) is 0 Å². The number of nitrogens with two attached hydrogens (primary N) is 1. The molecule has 0 aliphatic carbocycles. The second-order valence-electron chi connectivity index (χ2n) is 10.0. The molecule has 206 valence electrons. The third-order valence-corrected chi connectivity index (χ3v) is 6.88. The van der Waals surface area contributed by atoms with E-state index in [2.05, 4.69) is 6.07 Å². The highest BCUT2D eigenvalue weighted by atomic mass is 16.5. The van der Waals surface area contributed by atoms with Crippen molar-refractivity contribution in [1.29, 1.82) is 5.26 Å². The third-order valence-electron chi connectivity index (χ3n) is 6.88. The van der Waals surface area contributed by atoms with E-state index in [1.165, 1.54) is 0 Å². The van der Waals surface area contributed by atoms with Crippen molar-refractivity contribution < 1.29 is 13.9 Å². The lowest BCUT2D eigenvalue weighted by atomic mass is 9.91. The lowest BCUT2D eigenvalue weighted by Gasteiger charge is -2.35. The Labute approximate surface area is 234 Å². The Bertz CT molecular complexity index is 1550. The number of benzene rings is 3. The molecule has 1 amide bonds. The lowest BCUT2D eigenvalue weighted by Crippen LogP contribution is -2.40. The predicted molar refractivity (Wildman–Crippen MR) is 156 cm³/mol. The van der Waals surface area contributed by atoms with Gasteiger partial charge in [0.15, 0.2) is 5.43 Å². The summed E-state index contributed by atoms with van der Waals surface area (Å²) in [5.41, 5.74) is 8.40. The summed E-state index contributed by atoms with van der Waals surface area (Å²) in [5, 5.41) is 9.88. The minimum atomic E-state index is -0.549. The Hall–Kier alpha value is -4.41. The molecule has 0 saturated heterocycles. The molecule has 7 heteroatoms. The van der Waals surface area contributed by atoms with Crippen LogP contribution in [0.4, 0.5) is 0 Å². The number of carbonyl (C=O) groups is 1. The van der Waals surface area contributed by atoms with Crippen LogP contribution in [0.2, 0.25) is 0 Å². The summed E-state index contributed by atoms with van der Waals surface area (Å²) in [5.74, 6) is 0.836. The largest absolute Gasteiger partial charge is 0.494 e. The zero-order chi connectivity index (χ0) is 28.6. The van der Waals surface area contributed by atoms with Crippen LogP contribution in [0.3, 0.4) is 0 Å². The Morgan fingerprint density at radius 3 is 2.42 bits per heavy atom. The lowest BCUT2D eigenvalue weighted by molar-refractivity contribution is 0.0587. The maximum atomic E-state index is 14.0. The van der Waals surface area contributed by atoms with Crippen LogP contribution in [-0.4, -0.2) is 30.5 Å². The molecular formula is C33H35N3O4. The molecule has 4 aromatic rings. The van der Waals surface area contributed by atoms with E-state index in [0.29, 0.717) is 71.7 Å². The van der Waals surface area contributed by atoms with Crippen LogP contribution in [-0.2, 0) is 6.42 Å². The molecule has 0 spiro atoms. The van der Waals surface area contributed by atoms with Crippen molar-refractivity contribution in [2.75, 3.05) is 19.7 Å². The Morgan fingerprint density at radius 2 is 1.80 bits per heavy atom. The van der Waals surface area contributed by atoms with Crippen LogP contribution in [0.25, 0.3) is 11.0 Å². The summed E-state index contributed by atoms with van der Waals surface area (Å²) in [6, 6.07) is 23.2. The molecule has 3 aromatic carbocycles. The molecule has 4 rings (SSSR count). The molecule has 40 heavy (non-hydrogen) atoms. The average Bonchev–Trinajstić information content (AvgIpc) is 2.97. The maximum Gasteiger partial charge on any atom is 0.254 e. The van der Waals surface area contributed by atoms with Crippen LogP contribution in [0, 0.1) is 17.2 Å². The second kappa shape index (κ2) is 13.1. The van der Waals surface area contributed by atoms with Gasteiger partial charge in [-0.1, -0.05) is 44.2 Å². The van der Waals surface area contributed by atoms with Gasteiger partial charge < -0.3 is 19.8 Å². The van der Waals surface area contributed by atoms with Gasteiger partial charge in [-0.3, -0.25) is 9.59 Å². The number of rotatable bonds is 11. The number of carbonyl (C=O) groups excluding carboxylic acids is 1. The van der Waals surface area contributed by atoms with E-state index in [9.17, 15) is 14.9 Å². The summed E-state index contributed by atoms with van der Waals surface area (Å²) in [7, 11) is 0. The third kappa shape index (κ3) is 6.24. The monoisotopic (exact) mass is 537 g/mol. The van der Waals surface area contributed by atoms with Gasteiger partial charge in [0.25, 0.3) is 5.91 Å². The van der Waals surface area contributed by atoms with Crippen molar-refractivity contribution >= 4 is 16.9 Å². The van der Waals surface area contributed by atoms with Gasteiger partial charge in [0, 0.05) is 24.1 Å². The zero-order valence-corrected chi connectivity index (χ0v) is 23.2. The number of amides is 1. The van der Waals surface area contributed by atoms with Gasteiger partial charge in [-0.25, -0.2) is 0 Å². The molecule has 0 radical (unpaired) electrons. The summed E-state index contributed by atoms with van der Waals surface area (Å²) in [6.07, 6.45) is 0.927. The quantitative estimate of drug-likeness (QED) is 0.257. The van der Waals surface area contributed by atoms with E-state index in [1.54, 1.807) is 47.4 Å². The number of nitriles is 1. The number of fused-ring (bicyclic) bond motifs is 1. The van der Waals surface area contributed by atoms with E-state index in [-0.39, 0.29) is 17.3 Å². The Balaban J connectivity index is 1.91. The predicted octanol–water partition coefficient (Wildman–Crippen LogP) is 5.84. The maximum absolute atomic E-state index is 14.0. The van der Waals surface area contributed by atoms with E-state index in [0.717, 1.165) is 5.56 Å². The van der Waals surface area contributed by atoms with Gasteiger partial charge >= 0.3 is 0 Å². The van der Waals surface area contributed by atoms with Crippen molar-refractivity contribution in [2.45, 2.75) is 39.7 Å². The highest BCUT2D eigenvalue weighted by molar-refractivity contribution is 5.94. The normalized spacial score (nSPS) is 11.8. The van der Waals surface area contributed by atoms with Gasteiger partial charge in [-0.05, 0) is 73.8 Å². The van der Waals surface area contributed by atoms with E-state index in [4.69, 9.17) is 14.9 Å². The first-order valence-electron chi connectivity index (χ1n) is 13.7. The Morgan fingerprint density at radius 1 is 1.07 bits per heavy atom. The Kier molecular flexibility index (Phi) is 9.36. The molecule has 0 aliphatic rings. The molecule has 2 N–H and O–H groups in total. The molecule has 0 aliphatic heterocycles. The molecule has 0 bridgehead atoms. The van der Waals surface area contributed by atoms with Crippen molar-refractivity contribution in [2.24, 2.45) is 11.7 Å². The number of hydrogen-bond acceptors (Lipinski definition) is 6. The highest BCUT2D eigenvalue weighted by Crippen LogP contribution is 2.34. The smallest absolute Gasteiger partial charge is 0.254 e. The van der Waals surface area contributed by atoms with Crippen molar-refractivity contribution in [3.05, 3.63) is 111 Å². The first-order chi connectivity index (χ1) is 19.4. The highest BCUT2D eigenvalue weighted by Gasteiger charge is 2.33.